The van der Waals surface area contributed by atoms with E-state index in [0.29, 0.717) is 31.1 Å². The first-order valence-electron chi connectivity index (χ1n) is 7.24. The van der Waals surface area contributed by atoms with Crippen molar-refractivity contribution in [2.45, 2.75) is 19.3 Å². The third-order valence-corrected chi connectivity index (χ3v) is 4.11. The monoisotopic (exact) mass is 306 g/mol. The van der Waals surface area contributed by atoms with Crippen LogP contribution in [-0.2, 0) is 22.4 Å². The van der Waals surface area contributed by atoms with Crippen molar-refractivity contribution >= 4 is 23.1 Å². The number of thiocarbonyl (C=S) groups is 1. The highest BCUT2D eigenvalue weighted by Gasteiger charge is 2.30. The summed E-state index contributed by atoms with van der Waals surface area (Å²) in [7, 11) is 1.64. The maximum absolute atomic E-state index is 12.7. The summed E-state index contributed by atoms with van der Waals surface area (Å²) in [5.74, 6) is 0.213. The van der Waals surface area contributed by atoms with Crippen molar-refractivity contribution < 1.29 is 9.53 Å². The van der Waals surface area contributed by atoms with Gasteiger partial charge >= 0.3 is 0 Å². The van der Waals surface area contributed by atoms with Gasteiger partial charge in [0.05, 0.1) is 11.6 Å². The van der Waals surface area contributed by atoms with Crippen molar-refractivity contribution in [1.82, 2.24) is 4.90 Å². The van der Waals surface area contributed by atoms with Gasteiger partial charge in [-0.05, 0) is 24.0 Å². The molecule has 4 nitrogen and oxygen atoms in total. The Morgan fingerprint density at radius 3 is 2.48 bits per heavy atom. The van der Waals surface area contributed by atoms with Crippen LogP contribution in [0.5, 0.6) is 0 Å². The molecule has 0 radical (unpaired) electrons. The van der Waals surface area contributed by atoms with Gasteiger partial charge in [-0.15, -0.1) is 0 Å². The highest BCUT2D eigenvalue weighted by molar-refractivity contribution is 7.80. The van der Waals surface area contributed by atoms with Gasteiger partial charge in [0.25, 0.3) is 0 Å². The number of ether oxygens (including phenoxy) is 1. The van der Waals surface area contributed by atoms with E-state index in [1.54, 1.807) is 7.11 Å². The van der Waals surface area contributed by atoms with Crippen LogP contribution in [0.3, 0.4) is 0 Å². The maximum atomic E-state index is 12.7. The van der Waals surface area contributed by atoms with E-state index in [4.69, 9.17) is 22.7 Å². The molecular formula is C16H22N2O2S. The number of hydrogen-bond acceptors (Lipinski definition) is 3. The zero-order valence-electron chi connectivity index (χ0n) is 12.4. The Morgan fingerprint density at radius 2 is 1.95 bits per heavy atom. The third-order valence-electron chi connectivity index (χ3n) is 3.91. The van der Waals surface area contributed by atoms with Crippen LogP contribution >= 0.6 is 12.2 Å². The van der Waals surface area contributed by atoms with Crippen molar-refractivity contribution in [2.24, 2.45) is 11.7 Å². The quantitative estimate of drug-likeness (QED) is 0.777. The van der Waals surface area contributed by atoms with Gasteiger partial charge in [-0.3, -0.25) is 4.79 Å². The molecule has 5 heteroatoms. The highest BCUT2D eigenvalue weighted by Crippen LogP contribution is 2.27. The molecule has 0 fully saturated rings. The standard InChI is InChI=1S/C16H22N2O2S/c1-20-9-8-18(7-6-15(17)21)16(19)14-10-12-4-2-3-5-13(12)11-14/h2-5,14H,6-11H2,1H3,(H2,17,21). The molecule has 0 bridgehead atoms. The predicted molar refractivity (Wildman–Crippen MR) is 87.2 cm³/mol. The Labute approximate surface area is 131 Å². The van der Waals surface area contributed by atoms with Gasteiger partial charge in [-0.25, -0.2) is 0 Å². The average molecular weight is 306 g/mol. The van der Waals surface area contributed by atoms with Gasteiger partial charge < -0.3 is 15.4 Å². The molecule has 1 aromatic carbocycles. The third kappa shape index (κ3) is 4.25. The van der Waals surface area contributed by atoms with Crippen LogP contribution in [0.2, 0.25) is 0 Å². The lowest BCUT2D eigenvalue weighted by Crippen LogP contribution is -2.40. The van der Waals surface area contributed by atoms with Crippen molar-refractivity contribution in [2.75, 3.05) is 26.8 Å². The van der Waals surface area contributed by atoms with E-state index in [1.807, 2.05) is 17.0 Å². The van der Waals surface area contributed by atoms with Crippen LogP contribution in [0.4, 0.5) is 0 Å². The molecule has 114 valence electrons. The molecule has 0 spiro atoms. The maximum Gasteiger partial charge on any atom is 0.226 e. The molecule has 0 aliphatic heterocycles. The zero-order chi connectivity index (χ0) is 15.2. The number of rotatable bonds is 7. The normalized spacial score (nSPS) is 14.0. The summed E-state index contributed by atoms with van der Waals surface area (Å²) in [4.78, 5) is 15.0. The molecule has 1 aliphatic rings. The second kappa shape index (κ2) is 7.52. The fourth-order valence-corrected chi connectivity index (χ4v) is 2.86. The number of benzene rings is 1. The Balaban J connectivity index is 1.99. The first-order chi connectivity index (χ1) is 10.1. The minimum atomic E-state index is 0.0330. The highest BCUT2D eigenvalue weighted by atomic mass is 32.1. The van der Waals surface area contributed by atoms with Gasteiger partial charge in [-0.2, -0.15) is 0 Å². The molecule has 1 aromatic rings. The number of amides is 1. The van der Waals surface area contributed by atoms with E-state index in [0.717, 1.165) is 12.8 Å². The summed E-state index contributed by atoms with van der Waals surface area (Å²) >= 11 is 4.91. The van der Waals surface area contributed by atoms with Crippen LogP contribution in [0.1, 0.15) is 17.5 Å². The van der Waals surface area contributed by atoms with Crippen LogP contribution in [0, 0.1) is 5.92 Å². The number of nitrogens with zero attached hydrogens (tertiary/aromatic N) is 1. The van der Waals surface area contributed by atoms with Crippen LogP contribution in [0.25, 0.3) is 0 Å². The van der Waals surface area contributed by atoms with E-state index in [9.17, 15) is 4.79 Å². The van der Waals surface area contributed by atoms with Gasteiger partial charge in [0.1, 0.15) is 0 Å². The molecule has 0 saturated carbocycles. The summed E-state index contributed by atoms with van der Waals surface area (Å²) < 4.78 is 5.10. The number of carbonyl (C=O) groups excluding carboxylic acids is 1. The lowest BCUT2D eigenvalue weighted by molar-refractivity contribution is -0.135. The first-order valence-corrected chi connectivity index (χ1v) is 7.65. The zero-order valence-corrected chi connectivity index (χ0v) is 13.2. The average Bonchev–Trinajstić information content (AvgIpc) is 2.90. The number of carbonyl (C=O) groups is 1. The molecule has 2 rings (SSSR count). The lowest BCUT2D eigenvalue weighted by Gasteiger charge is -2.25. The second-order valence-corrected chi connectivity index (χ2v) is 5.93. The Hall–Kier alpha value is -1.46. The van der Waals surface area contributed by atoms with Gasteiger partial charge in [0.2, 0.25) is 5.91 Å². The number of methoxy groups -OCH3 is 1. The van der Waals surface area contributed by atoms with Gasteiger partial charge in [0, 0.05) is 32.5 Å². The van der Waals surface area contributed by atoms with Crippen molar-refractivity contribution in [3.05, 3.63) is 35.4 Å². The van der Waals surface area contributed by atoms with E-state index in [-0.39, 0.29) is 11.8 Å². The molecule has 0 unspecified atom stereocenters. The van der Waals surface area contributed by atoms with E-state index >= 15 is 0 Å². The molecule has 0 heterocycles. The number of fused-ring (bicyclic) bond motifs is 1. The van der Waals surface area contributed by atoms with E-state index in [2.05, 4.69) is 12.1 Å². The summed E-state index contributed by atoms with van der Waals surface area (Å²) in [6.07, 6.45) is 2.21. The van der Waals surface area contributed by atoms with Crippen LogP contribution in [-0.4, -0.2) is 42.6 Å². The van der Waals surface area contributed by atoms with E-state index < -0.39 is 0 Å². The summed E-state index contributed by atoms with van der Waals surface area (Å²) in [6.45, 7) is 1.69. The lowest BCUT2D eigenvalue weighted by atomic mass is 10.0. The summed E-state index contributed by atoms with van der Waals surface area (Å²) in [6, 6.07) is 8.27. The fraction of sp³-hybridized carbons (Fsp3) is 0.500. The van der Waals surface area contributed by atoms with Crippen molar-refractivity contribution in [3.63, 3.8) is 0 Å². The topological polar surface area (TPSA) is 55.6 Å². The minimum absolute atomic E-state index is 0.0330. The minimum Gasteiger partial charge on any atom is -0.393 e. The molecule has 2 N–H and O–H groups in total. The summed E-state index contributed by atoms with van der Waals surface area (Å²) in [5, 5.41) is 0. The Kier molecular flexibility index (Phi) is 5.70. The molecule has 1 amide bonds. The number of nitrogens with two attached hydrogens (primary N) is 1. The molecular weight excluding hydrogens is 284 g/mol. The Bertz CT molecular complexity index is 494. The number of hydrogen-bond donors (Lipinski definition) is 1. The molecule has 21 heavy (non-hydrogen) atoms. The first kappa shape index (κ1) is 15.9. The fourth-order valence-electron chi connectivity index (χ4n) is 2.77. The smallest absolute Gasteiger partial charge is 0.226 e. The second-order valence-electron chi connectivity index (χ2n) is 5.41. The molecule has 0 atom stereocenters. The summed E-state index contributed by atoms with van der Waals surface area (Å²) in [5.41, 5.74) is 8.13. The van der Waals surface area contributed by atoms with Crippen LogP contribution in [0.15, 0.2) is 24.3 Å². The Morgan fingerprint density at radius 1 is 1.33 bits per heavy atom. The largest absolute Gasteiger partial charge is 0.393 e. The van der Waals surface area contributed by atoms with Gasteiger partial charge in [-0.1, -0.05) is 36.5 Å². The van der Waals surface area contributed by atoms with Gasteiger partial charge in [0.15, 0.2) is 0 Å². The van der Waals surface area contributed by atoms with Crippen LogP contribution < -0.4 is 5.73 Å². The van der Waals surface area contributed by atoms with Crippen molar-refractivity contribution in [1.29, 1.82) is 0 Å². The van der Waals surface area contributed by atoms with Crippen molar-refractivity contribution in [3.8, 4) is 0 Å². The van der Waals surface area contributed by atoms with E-state index in [1.165, 1.54) is 11.1 Å². The molecule has 0 saturated heterocycles. The molecule has 1 aliphatic carbocycles. The molecule has 0 aromatic heterocycles. The predicted octanol–water partition coefficient (Wildman–Crippen LogP) is 1.55. The SMILES string of the molecule is COCCN(CCC(N)=S)C(=O)C1Cc2ccccc2C1.